The van der Waals surface area contributed by atoms with Crippen molar-refractivity contribution in [1.29, 1.82) is 0 Å². The Balaban J connectivity index is 2.01. The number of esters is 1. The van der Waals surface area contributed by atoms with Crippen molar-refractivity contribution in [2.75, 3.05) is 6.79 Å². The quantitative estimate of drug-likeness (QED) is 0.178. The van der Waals surface area contributed by atoms with Crippen LogP contribution in [0.25, 0.3) is 33.4 Å². The summed E-state index contributed by atoms with van der Waals surface area (Å²) in [6.07, 6.45) is 0. The van der Waals surface area contributed by atoms with E-state index in [1.165, 1.54) is 19.9 Å². The maximum atomic E-state index is 14.9. The first-order valence-corrected chi connectivity index (χ1v) is 9.93. The second kappa shape index (κ2) is 8.46. The molecule has 0 bridgehead atoms. The number of carbonyl (C=O) groups excluding carboxylic acids is 2. The standard InChI is InChI=1S/C25H18F2O6/c1-12-6-15(13(2)28)4-5-16(12)25-17-7-19(26)21(30)9-22(17)33-23-10-24(20(27)8-18(23)25)32-11-31-14(3)29/h4-10H,11H2,1-3H3. The van der Waals surface area contributed by atoms with Crippen molar-refractivity contribution in [3.05, 3.63) is 75.4 Å². The van der Waals surface area contributed by atoms with Gasteiger partial charge in [-0.25, -0.2) is 8.78 Å². The molecule has 0 atom stereocenters. The molecule has 2 aromatic carbocycles. The normalized spacial score (nSPS) is 11.1. The monoisotopic (exact) mass is 452 g/mol. The summed E-state index contributed by atoms with van der Waals surface area (Å²) in [7, 11) is 0. The van der Waals surface area contributed by atoms with Crippen molar-refractivity contribution in [2.24, 2.45) is 0 Å². The molecule has 0 radical (unpaired) electrons. The Morgan fingerprint density at radius 3 is 2.39 bits per heavy atom. The van der Waals surface area contributed by atoms with Crippen LogP contribution in [0.15, 0.2) is 51.7 Å². The molecule has 0 aromatic heterocycles. The number of aryl methyl sites for hydroxylation is 1. The molecule has 2 aromatic rings. The maximum Gasteiger partial charge on any atom is 0.305 e. The highest BCUT2D eigenvalue weighted by atomic mass is 19.1. The molecular formula is C25H18F2O6. The van der Waals surface area contributed by atoms with E-state index in [1.54, 1.807) is 25.1 Å². The van der Waals surface area contributed by atoms with Crippen LogP contribution >= 0.6 is 0 Å². The first-order chi connectivity index (χ1) is 15.7. The zero-order valence-corrected chi connectivity index (χ0v) is 18.0. The Labute approximate surface area is 186 Å². The number of benzene rings is 3. The molecule has 0 saturated carbocycles. The topological polar surface area (TPSA) is 82.8 Å². The molecule has 8 heteroatoms. The van der Waals surface area contributed by atoms with Gasteiger partial charge in [0.05, 0.1) is 0 Å². The third-order valence-electron chi connectivity index (χ3n) is 5.21. The molecule has 33 heavy (non-hydrogen) atoms. The van der Waals surface area contributed by atoms with Gasteiger partial charge in [-0.05, 0) is 43.2 Å². The maximum absolute atomic E-state index is 14.9. The minimum Gasteiger partial charge on any atom is -0.456 e. The van der Waals surface area contributed by atoms with Crippen molar-refractivity contribution in [3.8, 4) is 28.2 Å². The van der Waals surface area contributed by atoms with Gasteiger partial charge in [-0.15, -0.1) is 0 Å². The van der Waals surface area contributed by atoms with Crippen LogP contribution < -0.4 is 10.2 Å². The molecule has 2 aliphatic rings. The Morgan fingerprint density at radius 1 is 0.970 bits per heavy atom. The zero-order chi connectivity index (χ0) is 23.9. The number of halogens is 2. The summed E-state index contributed by atoms with van der Waals surface area (Å²) in [6, 6.07) is 9.50. The van der Waals surface area contributed by atoms with Crippen LogP contribution in [0.2, 0.25) is 0 Å². The smallest absolute Gasteiger partial charge is 0.305 e. The fraction of sp³-hybridized carbons (Fsp3) is 0.160. The average molecular weight is 452 g/mol. The zero-order valence-electron chi connectivity index (χ0n) is 18.0. The Bertz CT molecular complexity index is 1450. The largest absolute Gasteiger partial charge is 0.456 e. The highest BCUT2D eigenvalue weighted by Crippen LogP contribution is 2.43. The lowest BCUT2D eigenvalue weighted by molar-refractivity contribution is -0.147. The lowest BCUT2D eigenvalue weighted by Gasteiger charge is -2.18. The second-order valence-electron chi connectivity index (χ2n) is 7.52. The van der Waals surface area contributed by atoms with Crippen LogP contribution in [0.4, 0.5) is 8.78 Å². The van der Waals surface area contributed by atoms with Crippen molar-refractivity contribution in [3.63, 3.8) is 0 Å². The number of hydrogen-bond acceptors (Lipinski definition) is 6. The molecule has 168 valence electrons. The summed E-state index contributed by atoms with van der Waals surface area (Å²) >= 11 is 0. The van der Waals surface area contributed by atoms with E-state index < -0.39 is 29.8 Å². The number of rotatable bonds is 5. The molecule has 1 heterocycles. The predicted molar refractivity (Wildman–Crippen MR) is 116 cm³/mol. The van der Waals surface area contributed by atoms with Gasteiger partial charge >= 0.3 is 5.97 Å². The Hall–Kier alpha value is -4.07. The van der Waals surface area contributed by atoms with Gasteiger partial charge in [0.25, 0.3) is 0 Å². The van der Waals surface area contributed by atoms with E-state index in [9.17, 15) is 23.2 Å². The lowest BCUT2D eigenvalue weighted by Crippen LogP contribution is -2.08. The number of ether oxygens (including phenoxy) is 2. The van der Waals surface area contributed by atoms with E-state index in [1.807, 2.05) is 0 Å². The summed E-state index contributed by atoms with van der Waals surface area (Å²) in [5.74, 6) is -2.58. The molecule has 0 unspecified atom stereocenters. The number of hydrogen-bond donors (Lipinski definition) is 0. The Morgan fingerprint density at radius 2 is 1.73 bits per heavy atom. The summed E-state index contributed by atoms with van der Waals surface area (Å²) < 4.78 is 44.8. The van der Waals surface area contributed by atoms with Crippen LogP contribution in [0.3, 0.4) is 0 Å². The first-order valence-electron chi connectivity index (χ1n) is 9.93. The van der Waals surface area contributed by atoms with E-state index in [2.05, 4.69) is 4.74 Å². The summed E-state index contributed by atoms with van der Waals surface area (Å²) in [4.78, 5) is 34.6. The van der Waals surface area contributed by atoms with Gasteiger partial charge in [-0.2, -0.15) is 0 Å². The van der Waals surface area contributed by atoms with E-state index in [-0.39, 0.29) is 28.4 Å². The molecule has 1 aliphatic heterocycles. The molecule has 4 rings (SSSR count). The lowest BCUT2D eigenvalue weighted by atomic mass is 9.90. The fourth-order valence-corrected chi connectivity index (χ4v) is 3.63. The average Bonchev–Trinajstić information content (AvgIpc) is 2.74. The molecule has 6 nitrogen and oxygen atoms in total. The third-order valence-corrected chi connectivity index (χ3v) is 5.21. The van der Waals surface area contributed by atoms with Crippen LogP contribution in [0.5, 0.6) is 5.75 Å². The number of carbonyl (C=O) groups is 2. The van der Waals surface area contributed by atoms with Crippen LogP contribution in [-0.4, -0.2) is 18.5 Å². The van der Waals surface area contributed by atoms with Crippen molar-refractivity contribution >= 4 is 22.7 Å². The van der Waals surface area contributed by atoms with E-state index in [0.29, 0.717) is 27.6 Å². The van der Waals surface area contributed by atoms with Gasteiger partial charge in [0.15, 0.2) is 23.2 Å². The minimum atomic E-state index is -0.974. The molecule has 0 spiro atoms. The van der Waals surface area contributed by atoms with Crippen LogP contribution in [0, 0.1) is 18.6 Å². The summed E-state index contributed by atoms with van der Waals surface area (Å²) in [5.41, 5.74) is 1.81. The van der Waals surface area contributed by atoms with Gasteiger partial charge in [-0.3, -0.25) is 14.4 Å². The molecule has 0 saturated heterocycles. The van der Waals surface area contributed by atoms with Gasteiger partial charge in [-0.1, -0.05) is 12.1 Å². The fourth-order valence-electron chi connectivity index (χ4n) is 3.63. The molecule has 0 amide bonds. The van der Waals surface area contributed by atoms with Gasteiger partial charge < -0.3 is 13.9 Å². The molecule has 0 fully saturated rings. The highest BCUT2D eigenvalue weighted by Gasteiger charge is 2.22. The van der Waals surface area contributed by atoms with Crippen LogP contribution in [-0.2, 0) is 9.53 Å². The SMILES string of the molecule is CC(=O)OCOc1cc2oc3cc(=O)c(F)cc-3c(-c3ccc(C(C)=O)cc3C)c2cc1F. The molecular weight excluding hydrogens is 434 g/mol. The van der Waals surface area contributed by atoms with Crippen LogP contribution in [0.1, 0.15) is 29.8 Å². The van der Waals surface area contributed by atoms with Gasteiger partial charge in [0.1, 0.15) is 11.3 Å². The summed E-state index contributed by atoms with van der Waals surface area (Å²) in [5, 5.41) is 0.302. The number of ketones is 1. The Kier molecular flexibility index (Phi) is 5.68. The number of fused-ring (bicyclic) bond motifs is 2. The summed E-state index contributed by atoms with van der Waals surface area (Å²) in [6.45, 7) is 3.90. The van der Waals surface area contributed by atoms with E-state index in [0.717, 1.165) is 18.2 Å². The van der Waals surface area contributed by atoms with Crippen molar-refractivity contribution < 1.29 is 32.3 Å². The predicted octanol–water partition coefficient (Wildman–Crippen LogP) is 5.25. The molecule has 0 N–H and O–H groups in total. The third kappa shape index (κ3) is 4.19. The number of Topliss-reactive ketones (excluding diaryl/α,β-unsaturated/α-hetero) is 1. The van der Waals surface area contributed by atoms with E-state index in [4.69, 9.17) is 9.15 Å². The van der Waals surface area contributed by atoms with Crippen molar-refractivity contribution in [1.82, 2.24) is 0 Å². The van der Waals surface area contributed by atoms with Gasteiger partial charge in [0, 0.05) is 41.1 Å². The molecule has 1 aliphatic carbocycles. The van der Waals surface area contributed by atoms with E-state index >= 15 is 0 Å². The highest BCUT2D eigenvalue weighted by molar-refractivity contribution is 6.03. The van der Waals surface area contributed by atoms with Gasteiger partial charge in [0.2, 0.25) is 12.2 Å². The first kappa shape index (κ1) is 22.1. The second-order valence-corrected chi connectivity index (χ2v) is 7.52. The van der Waals surface area contributed by atoms with Crippen molar-refractivity contribution in [2.45, 2.75) is 20.8 Å². The minimum absolute atomic E-state index is 0.0940.